The van der Waals surface area contributed by atoms with Gasteiger partial charge in [0.2, 0.25) is 0 Å². The molecule has 0 fully saturated rings. The van der Waals surface area contributed by atoms with Crippen LogP contribution in [0.25, 0.3) is 0 Å². The second-order valence-corrected chi connectivity index (χ2v) is 11.5. The Bertz CT molecular complexity index is 307. The van der Waals surface area contributed by atoms with Crippen LogP contribution < -0.4 is 0 Å². The fourth-order valence-electron chi connectivity index (χ4n) is 2.15. The summed E-state index contributed by atoms with van der Waals surface area (Å²) in [5, 5.41) is 0. The summed E-state index contributed by atoms with van der Waals surface area (Å²) in [4.78, 5) is 0. The van der Waals surface area contributed by atoms with E-state index in [1.165, 1.54) is 0 Å². The molecule has 0 aliphatic rings. The van der Waals surface area contributed by atoms with Crippen LogP contribution in [0.5, 0.6) is 0 Å². The zero-order valence-electron chi connectivity index (χ0n) is 19.6. The van der Waals surface area contributed by atoms with Crippen LogP contribution >= 0.6 is 16.7 Å². The maximum Gasteiger partial charge on any atom is 0 e. The van der Waals surface area contributed by atoms with Gasteiger partial charge < -0.3 is 0 Å². The van der Waals surface area contributed by atoms with Crippen LogP contribution in [0.1, 0.15) is 0 Å². The first kappa shape index (κ1) is 47.2. The number of hydrogen-bond acceptors (Lipinski definition) is 6. The van der Waals surface area contributed by atoms with Gasteiger partial charge in [0, 0.05) is 21.1 Å². The van der Waals surface area contributed by atoms with Gasteiger partial charge in [-0.25, -0.2) is 0 Å². The summed E-state index contributed by atoms with van der Waals surface area (Å²) in [7, 11) is 24.8. The molecule has 0 radical (unpaired) electrons. The minimum absolute atomic E-state index is 0. The van der Waals surface area contributed by atoms with Crippen molar-refractivity contribution in [1.82, 2.24) is 28.0 Å². The van der Waals surface area contributed by atoms with Crippen molar-refractivity contribution in [3.8, 4) is 0 Å². The van der Waals surface area contributed by atoms with Gasteiger partial charge >= 0.3 is 45.2 Å². The quantitative estimate of drug-likeness (QED) is 0.223. The third-order valence-corrected chi connectivity index (χ3v) is 6.44. The first-order chi connectivity index (χ1) is 12.9. The van der Waals surface area contributed by atoms with Gasteiger partial charge in [-0.15, -0.1) is 0 Å². The van der Waals surface area contributed by atoms with Crippen molar-refractivity contribution in [1.29, 1.82) is 0 Å². The van der Waals surface area contributed by atoms with Crippen LogP contribution in [0.2, 0.25) is 0 Å². The Morgan fingerprint density at radius 1 is 0.345 bits per heavy atom. The minimum atomic E-state index is -0.238. The molecule has 0 atom stereocenters. The molecule has 0 aliphatic carbocycles. The third kappa shape index (κ3) is 33.1. The fourth-order valence-corrected chi connectivity index (χ4v) is 6.44. The topological polar surface area (TPSA) is 99.0 Å². The summed E-state index contributed by atoms with van der Waals surface area (Å²) in [6.07, 6.45) is 0. The van der Waals surface area contributed by atoms with E-state index in [4.69, 9.17) is 18.6 Å². The third-order valence-electron chi connectivity index (χ3n) is 2.15. The minimum Gasteiger partial charge on any atom is 0 e. The van der Waals surface area contributed by atoms with Crippen LogP contribution in [0.3, 0.4) is 0 Å². The molecule has 0 unspecified atom stereocenters. The van der Waals surface area contributed by atoms with Gasteiger partial charge in [0.05, 0.1) is 0 Å². The molecule has 170 valence electrons. The Morgan fingerprint density at radius 2 is 0.414 bits per heavy atom. The molecule has 0 spiro atoms. The molecule has 0 bridgehead atoms. The Morgan fingerprint density at radius 3 is 0.414 bits per heavy atom. The summed E-state index contributed by atoms with van der Waals surface area (Å²) in [6, 6.07) is 0. The van der Waals surface area contributed by atoms with E-state index in [0.717, 1.165) is 0 Å². The average molecular weight is 534 g/mol. The Kier molecular flexibility index (Phi) is 58.0. The molecule has 0 saturated carbocycles. The molecule has 13 heteroatoms. The normalized spacial score (nSPS) is 8.97. The van der Waals surface area contributed by atoms with Crippen LogP contribution in [-0.2, 0) is 39.7 Å². The van der Waals surface area contributed by atoms with Crippen molar-refractivity contribution in [2.24, 2.45) is 0 Å². The van der Waals surface area contributed by atoms with E-state index >= 15 is 0 Å². The van der Waals surface area contributed by atoms with Crippen molar-refractivity contribution in [3.05, 3.63) is 26.6 Å². The summed E-state index contributed by atoms with van der Waals surface area (Å²) >= 11 is 0. The van der Waals surface area contributed by atoms with Crippen molar-refractivity contribution in [2.45, 2.75) is 0 Å². The predicted molar refractivity (Wildman–Crippen MR) is 112 cm³/mol. The number of rotatable bonds is 6. The molecule has 0 aromatic rings. The largest absolute Gasteiger partial charge is 0 e. The van der Waals surface area contributed by atoms with Crippen LogP contribution in [0.15, 0.2) is 0 Å². The maximum absolute atomic E-state index is 7.50. The smallest absolute Gasteiger partial charge is 0 e. The summed E-state index contributed by atoms with van der Waals surface area (Å²) in [6.45, 7) is 18.0. The second-order valence-electron chi connectivity index (χ2n) is 5.62. The van der Waals surface area contributed by atoms with Gasteiger partial charge in [0.1, 0.15) is 16.7 Å². The molecule has 0 amide bonds. The van der Waals surface area contributed by atoms with Gasteiger partial charge in [-0.3, -0.25) is 28.0 Å². The van der Waals surface area contributed by atoms with E-state index in [-0.39, 0.29) is 37.8 Å². The Labute approximate surface area is 195 Å². The zero-order valence-corrected chi connectivity index (χ0v) is 23.4. The molecular weight excluding hydrogens is 498 g/mol. The van der Waals surface area contributed by atoms with Crippen molar-refractivity contribution in [2.75, 3.05) is 84.6 Å². The number of hydrogen-bond donors (Lipinski definition) is 0. The van der Waals surface area contributed by atoms with Gasteiger partial charge in [0.15, 0.2) is 0 Å². The summed E-state index contributed by atoms with van der Waals surface area (Å²) in [5.41, 5.74) is 0. The molecule has 0 saturated heterocycles. The molecule has 0 aliphatic heterocycles. The van der Waals surface area contributed by atoms with Crippen molar-refractivity contribution >= 4 is 16.7 Å². The molecule has 0 aromatic heterocycles. The monoisotopic (exact) mass is 536 g/mol. The maximum atomic E-state index is 7.50. The average Bonchev–Trinajstić information content (AvgIpc) is 2.60. The second kappa shape index (κ2) is 35.7. The summed E-state index contributed by atoms with van der Waals surface area (Å²) < 4.78 is 43.4. The predicted octanol–water partition coefficient (Wildman–Crippen LogP) is 1.64. The Hall–Kier alpha value is 0.268. The summed E-state index contributed by atoms with van der Waals surface area (Å²) in [5.74, 6) is 0. The first-order valence-corrected chi connectivity index (χ1v) is 9.78. The van der Waals surface area contributed by atoms with Crippen molar-refractivity contribution in [3.63, 3.8) is 0 Å². The molecular formula is C16H36MoN6O4P2. The molecule has 0 aromatic carbocycles. The van der Waals surface area contributed by atoms with Gasteiger partial charge in [0.25, 0.3) is 0 Å². The molecule has 29 heavy (non-hydrogen) atoms. The SMILES string of the molecule is CN(C)P(N(C)C)N(C)C.CN(C)P(N(C)C)N(C)C.[C-]#[O+].[C-]#[O+].[C-]#[O+].[C-]#[O+].[Mo]. The van der Waals surface area contributed by atoms with E-state index in [9.17, 15) is 0 Å². The standard InChI is InChI=1S/2C6H18N3P.4CO.Mo/c2*1-7(2)10(8(3)4)9(5)6;4*1-2;/h2*1-6H3;;;;;. The molecule has 0 N–H and O–H groups in total. The van der Waals surface area contributed by atoms with Gasteiger partial charge in [-0.1, -0.05) is 0 Å². The van der Waals surface area contributed by atoms with Gasteiger partial charge in [-0.05, 0) is 84.6 Å². The van der Waals surface area contributed by atoms with E-state index < -0.39 is 0 Å². The van der Waals surface area contributed by atoms with E-state index in [1.807, 2.05) is 0 Å². The van der Waals surface area contributed by atoms with Gasteiger partial charge in [-0.2, -0.15) is 0 Å². The van der Waals surface area contributed by atoms with Crippen LogP contribution in [0, 0.1) is 26.6 Å². The van der Waals surface area contributed by atoms with Crippen LogP contribution in [-0.4, -0.2) is 113 Å². The fraction of sp³-hybridized carbons (Fsp3) is 0.750. The molecule has 0 heterocycles. The molecule has 10 nitrogen and oxygen atoms in total. The van der Waals surface area contributed by atoms with E-state index in [0.29, 0.717) is 0 Å². The van der Waals surface area contributed by atoms with E-state index in [1.54, 1.807) is 0 Å². The van der Waals surface area contributed by atoms with Crippen molar-refractivity contribution < 1.29 is 39.7 Å². The first-order valence-electron chi connectivity index (χ1n) is 7.38. The number of nitrogens with zero attached hydrogens (tertiary/aromatic N) is 6. The zero-order chi connectivity index (χ0) is 24.6. The molecule has 0 rings (SSSR count). The van der Waals surface area contributed by atoms with E-state index in [2.05, 4.69) is 139 Å². The Balaban J connectivity index is -0.0000000482. The van der Waals surface area contributed by atoms with Crippen LogP contribution in [0.4, 0.5) is 0 Å².